The summed E-state index contributed by atoms with van der Waals surface area (Å²) in [7, 11) is 0. The van der Waals surface area contributed by atoms with Gasteiger partial charge in [-0.2, -0.15) is 9.13 Å². The molecule has 4 rings (SSSR count). The smallest absolute Gasteiger partial charge is 0.361 e. The van der Waals surface area contributed by atoms with Crippen molar-refractivity contribution in [1.82, 2.24) is 4.57 Å². The van der Waals surface area contributed by atoms with Gasteiger partial charge in [0.2, 0.25) is 13.5 Å². The predicted octanol–water partition coefficient (Wildman–Crippen LogP) is 5.11. The lowest BCUT2D eigenvalue weighted by molar-refractivity contribution is -0.687. The topological polar surface area (TPSA) is 53.3 Å². The third kappa shape index (κ3) is 3.72. The van der Waals surface area contributed by atoms with E-state index < -0.39 is 0 Å². The third-order valence-electron chi connectivity index (χ3n) is 4.39. The van der Waals surface area contributed by atoms with Crippen molar-refractivity contribution in [2.75, 3.05) is 5.73 Å². The van der Waals surface area contributed by atoms with Gasteiger partial charge in [0.25, 0.3) is 0 Å². The highest BCUT2D eigenvalue weighted by molar-refractivity contribution is 9.10. The van der Waals surface area contributed by atoms with Gasteiger partial charge in [0.05, 0.1) is 8.95 Å². The highest BCUT2D eigenvalue weighted by atomic mass is 79.9. The van der Waals surface area contributed by atoms with Crippen molar-refractivity contribution in [2.24, 2.45) is 0 Å². The first kappa shape index (κ1) is 18.8. The Kier molecular flexibility index (Phi) is 5.54. The van der Waals surface area contributed by atoms with Crippen LogP contribution in [0.1, 0.15) is 0 Å². The number of benzene rings is 3. The molecule has 28 heavy (non-hydrogen) atoms. The highest BCUT2D eigenvalue weighted by Crippen LogP contribution is 2.26. The lowest BCUT2D eigenvalue weighted by atomic mass is 10.3. The highest BCUT2D eigenvalue weighted by Gasteiger charge is 2.22. The molecule has 0 fully saturated rings. The SMILES string of the molecule is Nc1n(COc2ccccc2Br)c2ccccc2[n+]1COc1ccccc1Br. The Balaban J connectivity index is 1.64. The van der Waals surface area contributed by atoms with Crippen LogP contribution in [0.3, 0.4) is 0 Å². The number of para-hydroxylation sites is 4. The molecule has 0 spiro atoms. The molecule has 3 aromatic carbocycles. The number of nitrogens with two attached hydrogens (primary N) is 1. The van der Waals surface area contributed by atoms with Crippen LogP contribution in [0.5, 0.6) is 11.5 Å². The van der Waals surface area contributed by atoms with Crippen molar-refractivity contribution in [1.29, 1.82) is 0 Å². The van der Waals surface area contributed by atoms with Crippen LogP contribution in [0, 0.1) is 0 Å². The van der Waals surface area contributed by atoms with E-state index in [0.717, 1.165) is 31.5 Å². The van der Waals surface area contributed by atoms with Crippen molar-refractivity contribution in [3.05, 3.63) is 81.7 Å². The molecule has 0 radical (unpaired) electrons. The molecular formula is C21H18Br2N3O2+. The summed E-state index contributed by atoms with van der Waals surface area (Å²) in [5, 5.41) is 0. The second-order valence-electron chi connectivity index (χ2n) is 6.11. The van der Waals surface area contributed by atoms with Crippen LogP contribution < -0.4 is 19.8 Å². The zero-order valence-electron chi connectivity index (χ0n) is 14.9. The van der Waals surface area contributed by atoms with E-state index in [1.807, 2.05) is 81.9 Å². The molecule has 7 heteroatoms. The molecule has 0 saturated carbocycles. The maximum absolute atomic E-state index is 6.46. The largest absolute Gasteiger partial charge is 0.459 e. The van der Waals surface area contributed by atoms with Crippen molar-refractivity contribution in [2.45, 2.75) is 13.5 Å². The number of nitrogens with zero attached hydrogens (tertiary/aromatic N) is 2. The standard InChI is InChI=1S/C21H17Br2N3O2/c22-15-7-1-5-11-19(15)27-13-25-17-9-3-4-10-18(17)26(21(25)24)14-28-20-12-6-2-8-16(20)23/h1-12,24H,13-14H2/p+1. The van der Waals surface area contributed by atoms with Crippen LogP contribution in [0.15, 0.2) is 81.7 Å². The summed E-state index contributed by atoms with van der Waals surface area (Å²) in [6.07, 6.45) is 0. The van der Waals surface area contributed by atoms with Gasteiger partial charge in [-0.15, -0.1) is 0 Å². The Morgan fingerprint density at radius 3 is 2.04 bits per heavy atom. The summed E-state index contributed by atoms with van der Waals surface area (Å²) in [5.41, 5.74) is 8.41. The van der Waals surface area contributed by atoms with Crippen LogP contribution in [-0.2, 0) is 13.5 Å². The average molecular weight is 504 g/mol. The van der Waals surface area contributed by atoms with Crippen molar-refractivity contribution >= 4 is 48.8 Å². The van der Waals surface area contributed by atoms with E-state index in [9.17, 15) is 0 Å². The Morgan fingerprint density at radius 1 is 0.786 bits per heavy atom. The summed E-state index contributed by atoms with van der Waals surface area (Å²) < 4.78 is 17.6. The number of imidazole rings is 1. The first-order valence-electron chi connectivity index (χ1n) is 8.66. The lowest BCUT2D eigenvalue weighted by Crippen LogP contribution is -2.39. The number of ether oxygens (including phenoxy) is 2. The molecule has 0 saturated heterocycles. The minimum Gasteiger partial charge on any atom is -0.459 e. The first-order valence-corrected chi connectivity index (χ1v) is 10.2. The Bertz CT molecular complexity index is 1040. The molecule has 2 N–H and O–H groups in total. The van der Waals surface area contributed by atoms with Crippen LogP contribution in [-0.4, -0.2) is 4.57 Å². The molecule has 4 aromatic rings. The molecule has 1 heterocycles. The van der Waals surface area contributed by atoms with E-state index in [1.54, 1.807) is 0 Å². The fraction of sp³-hybridized carbons (Fsp3) is 0.0952. The quantitative estimate of drug-likeness (QED) is 0.372. The van der Waals surface area contributed by atoms with E-state index in [0.29, 0.717) is 5.95 Å². The maximum Gasteiger partial charge on any atom is 0.361 e. The minimum atomic E-state index is 0.289. The van der Waals surface area contributed by atoms with Crippen LogP contribution in [0.25, 0.3) is 11.0 Å². The molecule has 5 nitrogen and oxygen atoms in total. The summed E-state index contributed by atoms with van der Waals surface area (Å²) in [6.45, 7) is 0.577. The van der Waals surface area contributed by atoms with Gasteiger partial charge < -0.3 is 9.47 Å². The second kappa shape index (κ2) is 8.24. The zero-order valence-corrected chi connectivity index (χ0v) is 18.1. The van der Waals surface area contributed by atoms with Crippen molar-refractivity contribution < 1.29 is 14.0 Å². The average Bonchev–Trinajstić information content (AvgIpc) is 2.98. The van der Waals surface area contributed by atoms with Gasteiger partial charge >= 0.3 is 5.95 Å². The summed E-state index contributed by atoms with van der Waals surface area (Å²) in [5.74, 6) is 2.08. The molecule has 0 aliphatic heterocycles. The van der Waals surface area contributed by atoms with E-state index in [-0.39, 0.29) is 13.5 Å². The summed E-state index contributed by atoms with van der Waals surface area (Å²) in [4.78, 5) is 0. The van der Waals surface area contributed by atoms with Gasteiger partial charge in [-0.05, 0) is 68.3 Å². The fourth-order valence-corrected chi connectivity index (χ4v) is 3.77. The van der Waals surface area contributed by atoms with Crippen molar-refractivity contribution in [3.8, 4) is 11.5 Å². The molecule has 142 valence electrons. The number of rotatable bonds is 6. The van der Waals surface area contributed by atoms with E-state index >= 15 is 0 Å². The number of fused-ring (bicyclic) bond motifs is 1. The Morgan fingerprint density at radius 2 is 1.36 bits per heavy atom. The minimum absolute atomic E-state index is 0.289. The van der Waals surface area contributed by atoms with Gasteiger partial charge in [0.1, 0.15) is 22.5 Å². The van der Waals surface area contributed by atoms with Crippen molar-refractivity contribution in [3.63, 3.8) is 0 Å². The molecule has 0 amide bonds. The number of nitrogen functional groups attached to an aromatic ring is 1. The monoisotopic (exact) mass is 502 g/mol. The molecular weight excluding hydrogens is 486 g/mol. The number of hydrogen-bond acceptors (Lipinski definition) is 3. The molecule has 0 aliphatic rings. The zero-order chi connectivity index (χ0) is 19.5. The first-order chi connectivity index (χ1) is 13.6. The van der Waals surface area contributed by atoms with Crippen LogP contribution in [0.2, 0.25) is 0 Å². The summed E-state index contributed by atoms with van der Waals surface area (Å²) in [6, 6.07) is 23.5. The number of halogens is 2. The fourth-order valence-electron chi connectivity index (χ4n) is 2.98. The van der Waals surface area contributed by atoms with Crippen LogP contribution in [0.4, 0.5) is 5.95 Å². The molecule has 0 aliphatic carbocycles. The Labute approximate surface area is 179 Å². The predicted molar refractivity (Wildman–Crippen MR) is 116 cm³/mol. The molecule has 0 bridgehead atoms. The van der Waals surface area contributed by atoms with Crippen LogP contribution >= 0.6 is 31.9 Å². The number of aromatic nitrogens is 2. The summed E-state index contributed by atoms with van der Waals surface area (Å²) >= 11 is 7.01. The van der Waals surface area contributed by atoms with Gasteiger partial charge in [-0.25, -0.2) is 0 Å². The normalized spacial score (nSPS) is 10.9. The number of hydrogen-bond donors (Lipinski definition) is 1. The van der Waals surface area contributed by atoms with Gasteiger partial charge in [-0.3, -0.25) is 5.73 Å². The van der Waals surface area contributed by atoms with E-state index in [2.05, 4.69) is 31.9 Å². The second-order valence-corrected chi connectivity index (χ2v) is 7.82. The van der Waals surface area contributed by atoms with E-state index in [4.69, 9.17) is 15.2 Å². The maximum atomic E-state index is 6.46. The number of anilines is 1. The Hall–Kier alpha value is -2.51. The third-order valence-corrected chi connectivity index (χ3v) is 5.70. The lowest BCUT2D eigenvalue weighted by Gasteiger charge is -2.08. The van der Waals surface area contributed by atoms with Gasteiger partial charge in [-0.1, -0.05) is 36.4 Å². The van der Waals surface area contributed by atoms with Gasteiger partial charge in [0, 0.05) is 0 Å². The van der Waals surface area contributed by atoms with E-state index in [1.165, 1.54) is 0 Å². The molecule has 1 aromatic heterocycles. The van der Waals surface area contributed by atoms with Gasteiger partial charge in [0.15, 0.2) is 0 Å². The molecule has 0 atom stereocenters. The molecule has 0 unspecified atom stereocenters.